The summed E-state index contributed by atoms with van der Waals surface area (Å²) >= 11 is 7.21. The fraction of sp³-hybridized carbons (Fsp3) is 0.267. The number of ketones is 1. The molecule has 0 spiro atoms. The molecule has 1 aromatic carbocycles. The van der Waals surface area contributed by atoms with Crippen LogP contribution in [0.2, 0.25) is 0 Å². The van der Waals surface area contributed by atoms with Crippen molar-refractivity contribution in [1.29, 1.82) is 0 Å². The number of rotatable bonds is 6. The first-order valence-electron chi connectivity index (χ1n) is 6.44. The monoisotopic (exact) mass is 480 g/mol. The van der Waals surface area contributed by atoms with Crippen molar-refractivity contribution in [3.8, 4) is 11.5 Å². The lowest BCUT2D eigenvalue weighted by atomic mass is 10.1. The molecule has 2 aromatic rings. The molecule has 1 aromatic heterocycles. The van der Waals surface area contributed by atoms with Crippen molar-refractivity contribution in [1.82, 2.24) is 0 Å². The lowest BCUT2D eigenvalue weighted by Crippen LogP contribution is -2.04. The van der Waals surface area contributed by atoms with E-state index in [4.69, 9.17) is 9.47 Å². The van der Waals surface area contributed by atoms with Gasteiger partial charge in [0.05, 0.1) is 16.1 Å². The summed E-state index contributed by atoms with van der Waals surface area (Å²) in [5, 5.41) is 1.87. The zero-order valence-electron chi connectivity index (χ0n) is 11.6. The van der Waals surface area contributed by atoms with Gasteiger partial charge in [-0.3, -0.25) is 4.79 Å². The van der Waals surface area contributed by atoms with Gasteiger partial charge < -0.3 is 9.47 Å². The molecule has 0 aliphatic rings. The Balaban J connectivity index is 2.43. The van der Waals surface area contributed by atoms with Gasteiger partial charge in [0.25, 0.3) is 0 Å². The first kappa shape index (κ1) is 16.8. The molecule has 6 heteroatoms. The SMILES string of the molecule is CCOc1cc(Br)c(C(=O)c2csc(I)c2)cc1OCC. The molecule has 0 radical (unpaired) electrons. The van der Waals surface area contributed by atoms with E-state index in [9.17, 15) is 4.79 Å². The van der Waals surface area contributed by atoms with Crippen LogP contribution in [0.15, 0.2) is 28.1 Å². The molecule has 1 heterocycles. The summed E-state index contributed by atoms with van der Waals surface area (Å²) in [4.78, 5) is 12.6. The Morgan fingerprint density at radius 1 is 1.19 bits per heavy atom. The van der Waals surface area contributed by atoms with E-state index >= 15 is 0 Å². The predicted molar refractivity (Wildman–Crippen MR) is 96.9 cm³/mol. The van der Waals surface area contributed by atoms with Crippen molar-refractivity contribution in [2.24, 2.45) is 0 Å². The van der Waals surface area contributed by atoms with Crippen molar-refractivity contribution >= 4 is 55.6 Å². The van der Waals surface area contributed by atoms with Crippen LogP contribution in [0, 0.1) is 2.88 Å². The van der Waals surface area contributed by atoms with Crippen LogP contribution >= 0.6 is 49.9 Å². The van der Waals surface area contributed by atoms with Crippen molar-refractivity contribution in [2.75, 3.05) is 13.2 Å². The molecular weight excluding hydrogens is 467 g/mol. The lowest BCUT2D eigenvalue weighted by Gasteiger charge is -2.13. The summed E-state index contributed by atoms with van der Waals surface area (Å²) in [5.74, 6) is 1.21. The van der Waals surface area contributed by atoms with Crippen LogP contribution in [-0.2, 0) is 0 Å². The minimum atomic E-state index is -0.0231. The van der Waals surface area contributed by atoms with E-state index in [0.29, 0.717) is 40.3 Å². The van der Waals surface area contributed by atoms with Gasteiger partial charge >= 0.3 is 0 Å². The van der Waals surface area contributed by atoms with Crippen LogP contribution in [0.3, 0.4) is 0 Å². The Morgan fingerprint density at radius 3 is 2.33 bits per heavy atom. The zero-order valence-corrected chi connectivity index (χ0v) is 16.2. The maximum absolute atomic E-state index is 12.6. The van der Waals surface area contributed by atoms with Crippen molar-refractivity contribution < 1.29 is 14.3 Å². The summed E-state index contributed by atoms with van der Waals surface area (Å²) in [6.45, 7) is 4.88. The predicted octanol–water partition coefficient (Wildman–Crippen LogP) is 5.14. The number of ether oxygens (including phenoxy) is 2. The summed E-state index contributed by atoms with van der Waals surface area (Å²) in [6, 6.07) is 5.42. The van der Waals surface area contributed by atoms with Crippen LogP contribution in [0.1, 0.15) is 29.8 Å². The van der Waals surface area contributed by atoms with Crippen LogP contribution < -0.4 is 9.47 Å². The molecular formula is C15H14BrIO3S. The molecule has 0 aliphatic heterocycles. The highest BCUT2D eigenvalue weighted by molar-refractivity contribution is 14.1. The van der Waals surface area contributed by atoms with Gasteiger partial charge in [0.15, 0.2) is 17.3 Å². The van der Waals surface area contributed by atoms with Crippen LogP contribution in [0.4, 0.5) is 0 Å². The first-order chi connectivity index (χ1) is 10.1. The number of halogens is 2. The average Bonchev–Trinajstić information content (AvgIpc) is 2.88. The Labute approximate surface area is 149 Å². The molecule has 0 bridgehead atoms. The number of carbonyl (C=O) groups is 1. The van der Waals surface area contributed by atoms with E-state index in [-0.39, 0.29) is 5.78 Å². The second kappa shape index (κ2) is 7.60. The largest absolute Gasteiger partial charge is 0.490 e. The minimum absolute atomic E-state index is 0.0231. The fourth-order valence-corrected chi connectivity index (χ4v) is 3.66. The maximum atomic E-state index is 12.6. The van der Waals surface area contributed by atoms with Gasteiger partial charge in [-0.05, 0) is 70.6 Å². The Kier molecular flexibility index (Phi) is 6.07. The standard InChI is InChI=1S/C15H14BrIO3S/c1-3-19-12-6-10(11(16)7-13(12)20-4-2)15(18)9-5-14(17)21-8-9/h5-8H,3-4H2,1-2H3. The van der Waals surface area contributed by atoms with Gasteiger partial charge in [0, 0.05) is 21.0 Å². The molecule has 0 unspecified atom stereocenters. The average molecular weight is 481 g/mol. The molecule has 0 saturated carbocycles. The third-order valence-electron chi connectivity index (χ3n) is 2.71. The fourth-order valence-electron chi connectivity index (χ4n) is 1.83. The molecule has 21 heavy (non-hydrogen) atoms. The molecule has 112 valence electrons. The Hall–Kier alpha value is -0.600. The molecule has 0 amide bonds. The van der Waals surface area contributed by atoms with E-state index in [1.54, 1.807) is 23.5 Å². The van der Waals surface area contributed by atoms with E-state index in [0.717, 1.165) is 2.88 Å². The maximum Gasteiger partial charge on any atom is 0.195 e. The molecule has 0 N–H and O–H groups in total. The van der Waals surface area contributed by atoms with E-state index in [1.807, 2.05) is 25.3 Å². The lowest BCUT2D eigenvalue weighted by molar-refractivity contribution is 0.103. The van der Waals surface area contributed by atoms with Crippen molar-refractivity contribution in [3.05, 3.63) is 42.1 Å². The molecule has 0 aliphatic carbocycles. The topological polar surface area (TPSA) is 35.5 Å². The van der Waals surface area contributed by atoms with Crippen molar-refractivity contribution in [2.45, 2.75) is 13.8 Å². The quantitative estimate of drug-likeness (QED) is 0.424. The van der Waals surface area contributed by atoms with Crippen molar-refractivity contribution in [3.63, 3.8) is 0 Å². The number of benzene rings is 1. The second-order valence-electron chi connectivity index (χ2n) is 4.11. The summed E-state index contributed by atoms with van der Waals surface area (Å²) in [5.41, 5.74) is 1.27. The highest BCUT2D eigenvalue weighted by atomic mass is 127. The number of thiophene rings is 1. The molecule has 0 fully saturated rings. The second-order valence-corrected chi connectivity index (χ2v) is 7.77. The van der Waals surface area contributed by atoms with Crippen LogP contribution in [0.25, 0.3) is 0 Å². The Bertz CT molecular complexity index is 654. The van der Waals surface area contributed by atoms with E-state index in [1.165, 1.54) is 0 Å². The van der Waals surface area contributed by atoms with E-state index < -0.39 is 0 Å². The number of hydrogen-bond donors (Lipinski definition) is 0. The number of hydrogen-bond acceptors (Lipinski definition) is 4. The summed E-state index contributed by atoms with van der Waals surface area (Å²) in [6.07, 6.45) is 0. The van der Waals surface area contributed by atoms with Gasteiger partial charge in [-0.1, -0.05) is 0 Å². The zero-order chi connectivity index (χ0) is 15.4. The third-order valence-corrected chi connectivity index (χ3v) is 5.15. The van der Waals surface area contributed by atoms with Gasteiger partial charge in [-0.15, -0.1) is 11.3 Å². The highest BCUT2D eigenvalue weighted by Gasteiger charge is 2.18. The van der Waals surface area contributed by atoms with Gasteiger partial charge in [0.1, 0.15) is 0 Å². The molecule has 2 rings (SSSR count). The number of carbonyl (C=O) groups excluding carboxylic acids is 1. The highest BCUT2D eigenvalue weighted by Crippen LogP contribution is 2.35. The smallest absolute Gasteiger partial charge is 0.195 e. The minimum Gasteiger partial charge on any atom is -0.490 e. The van der Waals surface area contributed by atoms with Gasteiger partial charge in [-0.2, -0.15) is 0 Å². The van der Waals surface area contributed by atoms with Crippen LogP contribution in [0.5, 0.6) is 11.5 Å². The first-order valence-corrected chi connectivity index (χ1v) is 9.19. The third kappa shape index (κ3) is 3.98. The molecule has 0 atom stereocenters. The van der Waals surface area contributed by atoms with Crippen LogP contribution in [-0.4, -0.2) is 19.0 Å². The summed E-state index contributed by atoms with van der Waals surface area (Å²) in [7, 11) is 0. The van der Waals surface area contributed by atoms with E-state index in [2.05, 4.69) is 38.5 Å². The molecule has 3 nitrogen and oxygen atoms in total. The van der Waals surface area contributed by atoms with Gasteiger partial charge in [-0.25, -0.2) is 0 Å². The Morgan fingerprint density at radius 2 is 1.81 bits per heavy atom. The summed E-state index contributed by atoms with van der Waals surface area (Å²) < 4.78 is 12.9. The normalized spacial score (nSPS) is 10.5. The van der Waals surface area contributed by atoms with Gasteiger partial charge in [0.2, 0.25) is 0 Å². The molecule has 0 saturated heterocycles.